The van der Waals surface area contributed by atoms with E-state index in [1.54, 1.807) is 0 Å². The molecule has 0 unspecified atom stereocenters. The summed E-state index contributed by atoms with van der Waals surface area (Å²) in [4.78, 5) is 0. The number of hydrogen-bond acceptors (Lipinski definition) is 1. The second-order valence-electron chi connectivity index (χ2n) is 6.06. The van der Waals surface area contributed by atoms with Crippen LogP contribution in [0.25, 0.3) is 0 Å². The van der Waals surface area contributed by atoms with Crippen LogP contribution in [0.1, 0.15) is 76.2 Å². The number of nitrogens with zero attached hydrogens (tertiary/aromatic N) is 2. The van der Waals surface area contributed by atoms with Crippen molar-refractivity contribution in [1.82, 2.24) is 9.78 Å². The molecule has 0 aliphatic heterocycles. The van der Waals surface area contributed by atoms with Gasteiger partial charge in [0.1, 0.15) is 0 Å². The van der Waals surface area contributed by atoms with Crippen LogP contribution in [0.2, 0.25) is 0 Å². The molecule has 0 N–H and O–H groups in total. The second kappa shape index (κ2) is 7.12. The van der Waals surface area contributed by atoms with Gasteiger partial charge in [0.05, 0.1) is 5.69 Å². The summed E-state index contributed by atoms with van der Waals surface area (Å²) in [6.07, 6.45) is 5.51. The van der Waals surface area contributed by atoms with E-state index in [0.29, 0.717) is 0 Å². The van der Waals surface area contributed by atoms with Crippen LogP contribution >= 0.6 is 0 Å². The average molecular weight is 264 g/mol. The quantitative estimate of drug-likeness (QED) is 0.735. The minimum Gasteiger partial charge on any atom is -0.272 e. The predicted molar refractivity (Wildman–Crippen MR) is 83.6 cm³/mol. The van der Waals surface area contributed by atoms with Gasteiger partial charge in [-0.3, -0.25) is 4.68 Å². The van der Waals surface area contributed by atoms with E-state index in [9.17, 15) is 0 Å². The van der Waals surface area contributed by atoms with Gasteiger partial charge in [-0.05, 0) is 62.8 Å². The molecule has 0 saturated heterocycles. The first-order valence-corrected chi connectivity index (χ1v) is 8.00. The standard InChI is InChI=1S/C15H26N2.C2H6/c1-10(2)13-6-8-14(9-7-13)15-11(3)16-17(5)12(15)4;1-2/h10,13-14H,6-9H2,1-5H3;1-2H3. The Bertz CT molecular complexity index is 382. The molecule has 0 aromatic carbocycles. The Morgan fingerprint density at radius 1 is 1.05 bits per heavy atom. The Kier molecular flexibility index (Phi) is 6.09. The molecule has 1 saturated carbocycles. The maximum atomic E-state index is 4.56. The Morgan fingerprint density at radius 3 is 1.95 bits per heavy atom. The van der Waals surface area contributed by atoms with Crippen molar-refractivity contribution < 1.29 is 0 Å². The van der Waals surface area contributed by atoms with Crippen LogP contribution in [0.5, 0.6) is 0 Å². The molecule has 1 heterocycles. The van der Waals surface area contributed by atoms with Crippen molar-refractivity contribution in [1.29, 1.82) is 0 Å². The zero-order valence-electron chi connectivity index (χ0n) is 14.0. The summed E-state index contributed by atoms with van der Waals surface area (Å²) in [6.45, 7) is 13.1. The van der Waals surface area contributed by atoms with Gasteiger partial charge in [0.25, 0.3) is 0 Å². The Morgan fingerprint density at radius 2 is 1.58 bits per heavy atom. The van der Waals surface area contributed by atoms with Crippen molar-refractivity contribution in [3.05, 3.63) is 17.0 Å². The Balaban J connectivity index is 0.000000861. The van der Waals surface area contributed by atoms with Crippen molar-refractivity contribution in [2.75, 3.05) is 0 Å². The number of aromatic nitrogens is 2. The highest BCUT2D eigenvalue weighted by atomic mass is 15.3. The predicted octanol–water partition coefficient (Wildman–Crippen LogP) is 4.99. The minimum atomic E-state index is 0.763. The summed E-state index contributed by atoms with van der Waals surface area (Å²) in [5.74, 6) is 2.56. The zero-order valence-corrected chi connectivity index (χ0v) is 14.0. The minimum absolute atomic E-state index is 0.763. The number of aryl methyl sites for hydroxylation is 2. The summed E-state index contributed by atoms with van der Waals surface area (Å²) < 4.78 is 2.04. The lowest BCUT2D eigenvalue weighted by atomic mass is 9.74. The van der Waals surface area contributed by atoms with Crippen LogP contribution in [-0.2, 0) is 7.05 Å². The van der Waals surface area contributed by atoms with Gasteiger partial charge >= 0.3 is 0 Å². The van der Waals surface area contributed by atoms with E-state index in [0.717, 1.165) is 17.8 Å². The van der Waals surface area contributed by atoms with Crippen LogP contribution in [0.4, 0.5) is 0 Å². The van der Waals surface area contributed by atoms with E-state index in [1.807, 2.05) is 18.5 Å². The summed E-state index contributed by atoms with van der Waals surface area (Å²) in [7, 11) is 2.06. The van der Waals surface area contributed by atoms with E-state index < -0.39 is 0 Å². The van der Waals surface area contributed by atoms with Gasteiger partial charge in [-0.15, -0.1) is 0 Å². The fraction of sp³-hybridized carbons (Fsp3) is 0.824. The molecule has 0 atom stereocenters. The Hall–Kier alpha value is -0.790. The fourth-order valence-electron chi connectivity index (χ4n) is 3.46. The molecule has 0 radical (unpaired) electrons. The molecular formula is C17H32N2. The highest BCUT2D eigenvalue weighted by Crippen LogP contribution is 2.40. The molecule has 1 fully saturated rings. The van der Waals surface area contributed by atoms with Crippen LogP contribution in [0.15, 0.2) is 0 Å². The lowest BCUT2D eigenvalue weighted by molar-refractivity contribution is 0.258. The van der Waals surface area contributed by atoms with E-state index in [1.165, 1.54) is 42.6 Å². The van der Waals surface area contributed by atoms with E-state index in [-0.39, 0.29) is 0 Å². The molecule has 0 amide bonds. The van der Waals surface area contributed by atoms with Crippen LogP contribution in [0, 0.1) is 25.7 Å². The van der Waals surface area contributed by atoms with Gasteiger partial charge in [0, 0.05) is 12.7 Å². The van der Waals surface area contributed by atoms with Crippen molar-refractivity contribution >= 4 is 0 Å². The zero-order chi connectivity index (χ0) is 14.6. The summed E-state index contributed by atoms with van der Waals surface area (Å²) in [5, 5.41) is 4.56. The first kappa shape index (κ1) is 16.3. The average Bonchev–Trinajstić information content (AvgIpc) is 2.66. The lowest BCUT2D eigenvalue weighted by Gasteiger charge is -2.31. The van der Waals surface area contributed by atoms with Gasteiger partial charge in [-0.1, -0.05) is 27.7 Å². The van der Waals surface area contributed by atoms with Gasteiger partial charge in [-0.2, -0.15) is 5.10 Å². The van der Waals surface area contributed by atoms with Gasteiger partial charge in [0.2, 0.25) is 0 Å². The van der Waals surface area contributed by atoms with Crippen molar-refractivity contribution in [2.45, 2.75) is 73.1 Å². The van der Waals surface area contributed by atoms with Crippen LogP contribution in [0.3, 0.4) is 0 Å². The van der Waals surface area contributed by atoms with Crippen molar-refractivity contribution in [3.63, 3.8) is 0 Å². The summed E-state index contributed by atoms with van der Waals surface area (Å²) in [5.41, 5.74) is 4.16. The largest absolute Gasteiger partial charge is 0.272 e. The van der Waals surface area contributed by atoms with Crippen LogP contribution in [-0.4, -0.2) is 9.78 Å². The topological polar surface area (TPSA) is 17.8 Å². The van der Waals surface area contributed by atoms with Crippen molar-refractivity contribution in [2.24, 2.45) is 18.9 Å². The van der Waals surface area contributed by atoms with Gasteiger partial charge in [0.15, 0.2) is 0 Å². The third-order valence-corrected chi connectivity index (χ3v) is 4.69. The molecular weight excluding hydrogens is 232 g/mol. The molecule has 1 aromatic heterocycles. The second-order valence-corrected chi connectivity index (χ2v) is 6.06. The molecule has 110 valence electrons. The smallest absolute Gasteiger partial charge is 0.0631 e. The molecule has 0 bridgehead atoms. The third-order valence-electron chi connectivity index (χ3n) is 4.69. The monoisotopic (exact) mass is 264 g/mol. The molecule has 0 spiro atoms. The molecule has 1 aliphatic carbocycles. The maximum absolute atomic E-state index is 4.56. The lowest BCUT2D eigenvalue weighted by Crippen LogP contribution is -2.18. The number of rotatable bonds is 2. The fourth-order valence-corrected chi connectivity index (χ4v) is 3.46. The van der Waals surface area contributed by atoms with Crippen LogP contribution < -0.4 is 0 Å². The summed E-state index contributed by atoms with van der Waals surface area (Å²) in [6, 6.07) is 0. The van der Waals surface area contributed by atoms with Crippen molar-refractivity contribution in [3.8, 4) is 0 Å². The molecule has 2 heteroatoms. The highest BCUT2D eigenvalue weighted by molar-refractivity contribution is 5.29. The Labute approximate surface area is 119 Å². The van der Waals surface area contributed by atoms with E-state index in [4.69, 9.17) is 0 Å². The molecule has 19 heavy (non-hydrogen) atoms. The third kappa shape index (κ3) is 3.61. The van der Waals surface area contributed by atoms with Gasteiger partial charge < -0.3 is 0 Å². The first-order chi connectivity index (χ1) is 9.00. The summed E-state index contributed by atoms with van der Waals surface area (Å²) >= 11 is 0. The van der Waals surface area contributed by atoms with E-state index in [2.05, 4.69) is 39.8 Å². The van der Waals surface area contributed by atoms with Gasteiger partial charge in [-0.25, -0.2) is 0 Å². The first-order valence-electron chi connectivity index (χ1n) is 8.00. The molecule has 2 nitrogen and oxygen atoms in total. The molecule has 1 aromatic rings. The number of hydrogen-bond donors (Lipinski definition) is 0. The molecule has 2 rings (SSSR count). The normalized spacial score (nSPS) is 23.2. The van der Waals surface area contributed by atoms with E-state index >= 15 is 0 Å². The SMILES string of the molecule is CC.Cc1nn(C)c(C)c1C1CCC(C(C)C)CC1. The molecule has 1 aliphatic rings. The highest BCUT2D eigenvalue weighted by Gasteiger charge is 2.27. The maximum Gasteiger partial charge on any atom is 0.0631 e.